The first-order chi connectivity index (χ1) is 10.2. The SMILES string of the molecule is CCCNC(=O)c1ccccc1SCC(=O)N1CCCC1. The maximum absolute atomic E-state index is 12.1. The van der Waals surface area contributed by atoms with Gasteiger partial charge in [0.25, 0.3) is 5.91 Å². The molecule has 0 atom stereocenters. The number of thioether (sulfide) groups is 1. The quantitative estimate of drug-likeness (QED) is 0.822. The Morgan fingerprint density at radius 1 is 1.24 bits per heavy atom. The lowest BCUT2D eigenvalue weighted by atomic mass is 10.2. The highest BCUT2D eigenvalue weighted by Gasteiger charge is 2.19. The first-order valence-electron chi connectivity index (χ1n) is 7.50. The number of carbonyl (C=O) groups excluding carboxylic acids is 2. The van der Waals surface area contributed by atoms with Crippen LogP contribution in [0.3, 0.4) is 0 Å². The molecule has 1 saturated heterocycles. The molecule has 1 fully saturated rings. The molecule has 0 saturated carbocycles. The second kappa shape index (κ2) is 8.08. The van der Waals surface area contributed by atoms with E-state index < -0.39 is 0 Å². The second-order valence-corrected chi connectivity index (χ2v) is 6.15. The molecule has 114 valence electrons. The number of nitrogens with one attached hydrogen (secondary N) is 1. The monoisotopic (exact) mass is 306 g/mol. The molecule has 4 nitrogen and oxygen atoms in total. The highest BCUT2D eigenvalue weighted by atomic mass is 32.2. The smallest absolute Gasteiger partial charge is 0.252 e. The van der Waals surface area contributed by atoms with Crippen molar-refractivity contribution >= 4 is 23.6 Å². The Labute approximate surface area is 130 Å². The molecule has 21 heavy (non-hydrogen) atoms. The second-order valence-electron chi connectivity index (χ2n) is 5.13. The minimum atomic E-state index is -0.0615. The van der Waals surface area contributed by atoms with Crippen molar-refractivity contribution < 1.29 is 9.59 Å². The van der Waals surface area contributed by atoms with Gasteiger partial charge in [-0.15, -0.1) is 11.8 Å². The zero-order chi connectivity index (χ0) is 15.1. The predicted octanol–water partition coefficient (Wildman–Crippen LogP) is 2.54. The first-order valence-corrected chi connectivity index (χ1v) is 8.48. The van der Waals surface area contributed by atoms with Crippen molar-refractivity contribution in [2.75, 3.05) is 25.4 Å². The summed E-state index contributed by atoms with van der Waals surface area (Å²) in [4.78, 5) is 27.0. The first kappa shape index (κ1) is 15.9. The molecule has 0 bridgehead atoms. The van der Waals surface area contributed by atoms with Gasteiger partial charge >= 0.3 is 0 Å². The molecular weight excluding hydrogens is 284 g/mol. The van der Waals surface area contributed by atoms with Crippen molar-refractivity contribution in [2.45, 2.75) is 31.1 Å². The van der Waals surface area contributed by atoms with Crippen molar-refractivity contribution in [3.8, 4) is 0 Å². The van der Waals surface area contributed by atoms with E-state index in [0.717, 1.165) is 37.2 Å². The zero-order valence-corrected chi connectivity index (χ0v) is 13.2. The summed E-state index contributed by atoms with van der Waals surface area (Å²) in [6.07, 6.45) is 3.12. The molecule has 0 aliphatic carbocycles. The third kappa shape index (κ3) is 4.49. The van der Waals surface area contributed by atoms with Gasteiger partial charge in [0.15, 0.2) is 0 Å². The minimum absolute atomic E-state index is 0.0615. The van der Waals surface area contributed by atoms with E-state index in [2.05, 4.69) is 5.32 Å². The molecule has 1 N–H and O–H groups in total. The van der Waals surface area contributed by atoms with Crippen molar-refractivity contribution in [1.29, 1.82) is 0 Å². The standard InChI is InChI=1S/C16H22N2O2S/c1-2-9-17-16(20)13-7-3-4-8-14(13)21-12-15(19)18-10-5-6-11-18/h3-4,7-8H,2,5-6,9-12H2,1H3,(H,17,20). The molecule has 0 aromatic heterocycles. The molecule has 1 aliphatic heterocycles. The fraction of sp³-hybridized carbons (Fsp3) is 0.500. The van der Waals surface area contributed by atoms with Gasteiger partial charge in [0.05, 0.1) is 11.3 Å². The Kier molecular flexibility index (Phi) is 6.11. The fourth-order valence-corrected chi connectivity index (χ4v) is 3.26. The lowest BCUT2D eigenvalue weighted by molar-refractivity contribution is -0.127. The minimum Gasteiger partial charge on any atom is -0.352 e. The number of nitrogens with zero attached hydrogens (tertiary/aromatic N) is 1. The number of hydrogen-bond donors (Lipinski definition) is 1. The molecule has 1 heterocycles. The van der Waals surface area contributed by atoms with E-state index in [0.29, 0.717) is 17.9 Å². The number of amides is 2. The molecule has 2 amide bonds. The molecular formula is C16H22N2O2S. The van der Waals surface area contributed by atoms with Crippen LogP contribution in [0.2, 0.25) is 0 Å². The molecule has 1 aromatic rings. The Bertz CT molecular complexity index is 499. The van der Waals surface area contributed by atoms with Crippen molar-refractivity contribution in [1.82, 2.24) is 10.2 Å². The maximum Gasteiger partial charge on any atom is 0.252 e. The molecule has 5 heteroatoms. The topological polar surface area (TPSA) is 49.4 Å². The van der Waals surface area contributed by atoms with Crippen LogP contribution in [0, 0.1) is 0 Å². The molecule has 1 aliphatic rings. The van der Waals surface area contributed by atoms with Crippen LogP contribution < -0.4 is 5.32 Å². The van der Waals surface area contributed by atoms with Crippen LogP contribution in [-0.2, 0) is 4.79 Å². The number of benzene rings is 1. The molecule has 0 radical (unpaired) electrons. The van der Waals surface area contributed by atoms with Crippen molar-refractivity contribution in [3.63, 3.8) is 0 Å². The lowest BCUT2D eigenvalue weighted by Crippen LogP contribution is -2.29. The van der Waals surface area contributed by atoms with Crippen LogP contribution in [0.4, 0.5) is 0 Å². The van der Waals surface area contributed by atoms with Gasteiger partial charge in [0.1, 0.15) is 0 Å². The highest BCUT2D eigenvalue weighted by Crippen LogP contribution is 2.23. The van der Waals surface area contributed by atoms with E-state index in [4.69, 9.17) is 0 Å². The molecule has 0 unspecified atom stereocenters. The van der Waals surface area contributed by atoms with E-state index in [1.54, 1.807) is 0 Å². The summed E-state index contributed by atoms with van der Waals surface area (Å²) in [6, 6.07) is 7.48. The number of carbonyl (C=O) groups is 2. The van der Waals surface area contributed by atoms with Gasteiger partial charge in [0.2, 0.25) is 5.91 Å². The summed E-state index contributed by atoms with van der Waals surface area (Å²) in [6.45, 7) is 4.44. The average Bonchev–Trinajstić information content (AvgIpc) is 3.05. The van der Waals surface area contributed by atoms with Crippen molar-refractivity contribution in [2.24, 2.45) is 0 Å². The van der Waals surface area contributed by atoms with Gasteiger partial charge in [-0.3, -0.25) is 9.59 Å². The van der Waals surface area contributed by atoms with Gasteiger partial charge in [-0.05, 0) is 31.4 Å². The fourth-order valence-electron chi connectivity index (χ4n) is 2.31. The van der Waals surface area contributed by atoms with Gasteiger partial charge in [0, 0.05) is 24.5 Å². The van der Waals surface area contributed by atoms with Crippen LogP contribution in [0.15, 0.2) is 29.2 Å². The Morgan fingerprint density at radius 3 is 2.67 bits per heavy atom. The number of hydrogen-bond acceptors (Lipinski definition) is 3. The van der Waals surface area contributed by atoms with Crippen LogP contribution in [0.25, 0.3) is 0 Å². The molecule has 2 rings (SSSR count). The normalized spacial score (nSPS) is 14.2. The Morgan fingerprint density at radius 2 is 1.95 bits per heavy atom. The zero-order valence-electron chi connectivity index (χ0n) is 12.4. The summed E-state index contributed by atoms with van der Waals surface area (Å²) in [5, 5.41) is 2.88. The largest absolute Gasteiger partial charge is 0.352 e. The maximum atomic E-state index is 12.1. The van der Waals surface area contributed by atoms with Crippen LogP contribution in [-0.4, -0.2) is 42.1 Å². The lowest BCUT2D eigenvalue weighted by Gasteiger charge is -2.15. The van der Waals surface area contributed by atoms with E-state index in [1.165, 1.54) is 11.8 Å². The summed E-state index contributed by atoms with van der Waals surface area (Å²) >= 11 is 1.45. The van der Waals surface area contributed by atoms with E-state index in [1.807, 2.05) is 36.1 Å². The van der Waals surface area contributed by atoms with E-state index >= 15 is 0 Å². The van der Waals surface area contributed by atoms with Gasteiger partial charge in [-0.2, -0.15) is 0 Å². The number of rotatable bonds is 6. The summed E-state index contributed by atoms with van der Waals surface area (Å²) < 4.78 is 0. The summed E-state index contributed by atoms with van der Waals surface area (Å²) in [5.41, 5.74) is 0.658. The van der Waals surface area contributed by atoms with Crippen LogP contribution in [0.1, 0.15) is 36.5 Å². The third-order valence-corrected chi connectivity index (χ3v) is 4.54. The number of likely N-dealkylation sites (tertiary alicyclic amines) is 1. The van der Waals surface area contributed by atoms with Crippen molar-refractivity contribution in [3.05, 3.63) is 29.8 Å². The molecule has 0 spiro atoms. The average molecular weight is 306 g/mol. The van der Waals surface area contributed by atoms with Gasteiger partial charge in [-0.1, -0.05) is 19.1 Å². The Balaban J connectivity index is 1.96. The van der Waals surface area contributed by atoms with Crippen LogP contribution >= 0.6 is 11.8 Å². The highest BCUT2D eigenvalue weighted by molar-refractivity contribution is 8.00. The predicted molar refractivity (Wildman–Crippen MR) is 85.6 cm³/mol. The third-order valence-electron chi connectivity index (χ3n) is 3.48. The molecule has 1 aromatic carbocycles. The van der Waals surface area contributed by atoms with Crippen LogP contribution in [0.5, 0.6) is 0 Å². The van der Waals surface area contributed by atoms with Gasteiger partial charge in [-0.25, -0.2) is 0 Å². The summed E-state index contributed by atoms with van der Waals surface area (Å²) in [5.74, 6) is 0.507. The van der Waals surface area contributed by atoms with E-state index in [-0.39, 0.29) is 11.8 Å². The summed E-state index contributed by atoms with van der Waals surface area (Å²) in [7, 11) is 0. The van der Waals surface area contributed by atoms with E-state index in [9.17, 15) is 9.59 Å². The Hall–Kier alpha value is -1.49. The van der Waals surface area contributed by atoms with Gasteiger partial charge < -0.3 is 10.2 Å².